The number of nitrogens with two attached hydrogens (primary N) is 1. The van der Waals surface area contributed by atoms with E-state index < -0.39 is 11.8 Å². The number of amides is 2. The van der Waals surface area contributed by atoms with Crippen molar-refractivity contribution in [2.45, 2.75) is 13.5 Å². The van der Waals surface area contributed by atoms with E-state index >= 15 is 0 Å². The third-order valence-electron chi connectivity index (χ3n) is 3.28. The van der Waals surface area contributed by atoms with Crippen molar-refractivity contribution < 1.29 is 9.59 Å². The van der Waals surface area contributed by atoms with Crippen LogP contribution < -0.4 is 16.0 Å². The lowest BCUT2D eigenvalue weighted by Crippen LogP contribution is -2.36. The summed E-state index contributed by atoms with van der Waals surface area (Å²) in [5.41, 5.74) is 7.03. The fourth-order valence-corrected chi connectivity index (χ4v) is 2.09. The van der Waals surface area contributed by atoms with E-state index in [4.69, 9.17) is 5.73 Å². The number of nitrogens with zero attached hydrogens (tertiary/aromatic N) is 3. The molecule has 25 heavy (non-hydrogen) atoms. The van der Waals surface area contributed by atoms with Crippen LogP contribution in [0.25, 0.3) is 0 Å². The predicted octanol–water partition coefficient (Wildman–Crippen LogP) is 1.74. The minimum absolute atomic E-state index is 0.192. The van der Waals surface area contributed by atoms with E-state index in [1.165, 1.54) is 13.1 Å². The summed E-state index contributed by atoms with van der Waals surface area (Å²) in [5, 5.41) is 12.1. The van der Waals surface area contributed by atoms with Gasteiger partial charge in [-0.05, 0) is 36.4 Å². The molecule has 1 heterocycles. The SMILES string of the molecule is CC(=O)N(C(=O)/C(C#N)=C\NCc1ccccn1)c1ccc(N)cc1. The Morgan fingerprint density at radius 1 is 1.28 bits per heavy atom. The molecule has 1 aromatic carbocycles. The smallest absolute Gasteiger partial charge is 0.277 e. The van der Waals surface area contributed by atoms with E-state index in [2.05, 4.69) is 10.3 Å². The number of hydrogen-bond donors (Lipinski definition) is 2. The van der Waals surface area contributed by atoms with Crippen molar-refractivity contribution in [3.05, 3.63) is 66.1 Å². The molecule has 2 amide bonds. The number of anilines is 2. The third-order valence-corrected chi connectivity index (χ3v) is 3.28. The van der Waals surface area contributed by atoms with E-state index in [-0.39, 0.29) is 5.57 Å². The van der Waals surface area contributed by atoms with Gasteiger partial charge in [-0.15, -0.1) is 0 Å². The van der Waals surface area contributed by atoms with E-state index in [0.29, 0.717) is 17.9 Å². The van der Waals surface area contributed by atoms with E-state index in [1.807, 2.05) is 18.2 Å². The molecule has 0 fully saturated rings. The lowest BCUT2D eigenvalue weighted by atomic mass is 10.2. The standard InChI is InChI=1S/C18H17N5O2/c1-13(24)23(17-7-5-15(20)6-8-17)18(25)14(10-19)11-21-12-16-4-2-3-9-22-16/h2-9,11,21H,12,20H2,1H3/b14-11-. The highest BCUT2D eigenvalue weighted by Crippen LogP contribution is 2.18. The van der Waals surface area contributed by atoms with Crippen molar-refractivity contribution in [3.63, 3.8) is 0 Å². The Kier molecular flexibility index (Phi) is 5.85. The van der Waals surface area contributed by atoms with Crippen molar-refractivity contribution in [2.24, 2.45) is 0 Å². The van der Waals surface area contributed by atoms with E-state index in [0.717, 1.165) is 10.6 Å². The van der Waals surface area contributed by atoms with Gasteiger partial charge in [0.15, 0.2) is 0 Å². The van der Waals surface area contributed by atoms with Gasteiger partial charge in [0, 0.05) is 25.0 Å². The lowest BCUT2D eigenvalue weighted by Gasteiger charge is -2.19. The Morgan fingerprint density at radius 3 is 2.56 bits per heavy atom. The van der Waals surface area contributed by atoms with Crippen molar-refractivity contribution in [1.29, 1.82) is 5.26 Å². The Bertz CT molecular complexity index is 823. The molecule has 0 spiro atoms. The average Bonchev–Trinajstić information content (AvgIpc) is 2.61. The second kappa shape index (κ2) is 8.26. The molecular weight excluding hydrogens is 318 g/mol. The Labute approximate surface area is 145 Å². The summed E-state index contributed by atoms with van der Waals surface area (Å²) in [7, 11) is 0. The van der Waals surface area contributed by atoms with Gasteiger partial charge in [0.05, 0.1) is 17.9 Å². The van der Waals surface area contributed by atoms with Gasteiger partial charge in [-0.2, -0.15) is 5.26 Å². The molecule has 0 aliphatic carbocycles. The van der Waals surface area contributed by atoms with Crippen LogP contribution in [-0.4, -0.2) is 16.8 Å². The molecular formula is C18H17N5O2. The van der Waals surface area contributed by atoms with Crippen LogP contribution in [0.5, 0.6) is 0 Å². The minimum atomic E-state index is -0.715. The topological polar surface area (TPSA) is 112 Å². The summed E-state index contributed by atoms with van der Waals surface area (Å²) in [5.74, 6) is -1.21. The van der Waals surface area contributed by atoms with Gasteiger partial charge in [0.2, 0.25) is 5.91 Å². The number of imide groups is 1. The summed E-state index contributed by atoms with van der Waals surface area (Å²) >= 11 is 0. The van der Waals surface area contributed by atoms with Gasteiger partial charge >= 0.3 is 0 Å². The zero-order valence-corrected chi connectivity index (χ0v) is 13.6. The van der Waals surface area contributed by atoms with Gasteiger partial charge in [0.1, 0.15) is 11.6 Å². The number of nitrogens with one attached hydrogen (secondary N) is 1. The maximum absolute atomic E-state index is 12.6. The van der Waals surface area contributed by atoms with Crippen LogP contribution in [0.2, 0.25) is 0 Å². The van der Waals surface area contributed by atoms with Crippen LogP contribution in [-0.2, 0) is 16.1 Å². The highest BCUT2D eigenvalue weighted by atomic mass is 16.2. The van der Waals surface area contributed by atoms with Crippen LogP contribution in [0.15, 0.2) is 60.4 Å². The highest BCUT2D eigenvalue weighted by Gasteiger charge is 2.23. The zero-order chi connectivity index (χ0) is 18.2. The van der Waals surface area contributed by atoms with E-state index in [9.17, 15) is 14.9 Å². The second-order valence-corrected chi connectivity index (χ2v) is 5.12. The molecule has 0 bridgehead atoms. The van der Waals surface area contributed by atoms with Crippen LogP contribution in [0.4, 0.5) is 11.4 Å². The highest BCUT2D eigenvalue weighted by molar-refractivity contribution is 6.21. The largest absolute Gasteiger partial charge is 0.399 e. The first-order valence-electron chi connectivity index (χ1n) is 7.47. The summed E-state index contributed by atoms with van der Waals surface area (Å²) < 4.78 is 0. The Balaban J connectivity index is 2.17. The van der Waals surface area contributed by atoms with Crippen LogP contribution in [0.1, 0.15) is 12.6 Å². The van der Waals surface area contributed by atoms with Gasteiger partial charge in [0.25, 0.3) is 5.91 Å². The number of nitrogen functional groups attached to an aromatic ring is 1. The van der Waals surface area contributed by atoms with Gasteiger partial charge in [-0.3, -0.25) is 14.6 Å². The summed E-state index contributed by atoms with van der Waals surface area (Å²) in [6.07, 6.45) is 2.93. The van der Waals surface area contributed by atoms with Crippen LogP contribution >= 0.6 is 0 Å². The molecule has 7 nitrogen and oxygen atoms in total. The monoisotopic (exact) mass is 335 g/mol. The summed E-state index contributed by atoms with van der Waals surface area (Å²) in [6.45, 7) is 1.60. The molecule has 0 atom stereocenters. The number of nitriles is 1. The third kappa shape index (κ3) is 4.65. The molecule has 0 saturated heterocycles. The fourth-order valence-electron chi connectivity index (χ4n) is 2.09. The van der Waals surface area contributed by atoms with E-state index in [1.54, 1.807) is 36.5 Å². The number of aromatic nitrogens is 1. The number of rotatable bonds is 5. The predicted molar refractivity (Wildman–Crippen MR) is 93.8 cm³/mol. The molecule has 0 radical (unpaired) electrons. The average molecular weight is 335 g/mol. The molecule has 2 rings (SSSR count). The molecule has 7 heteroatoms. The van der Waals surface area contributed by atoms with Gasteiger partial charge < -0.3 is 11.1 Å². The second-order valence-electron chi connectivity index (χ2n) is 5.12. The lowest BCUT2D eigenvalue weighted by molar-refractivity contribution is -0.123. The van der Waals surface area contributed by atoms with Gasteiger partial charge in [-0.25, -0.2) is 4.90 Å². The maximum atomic E-state index is 12.6. The summed E-state index contributed by atoms with van der Waals surface area (Å²) in [6, 6.07) is 13.5. The number of carbonyl (C=O) groups is 2. The molecule has 3 N–H and O–H groups in total. The number of pyridine rings is 1. The van der Waals surface area contributed by atoms with Crippen LogP contribution in [0.3, 0.4) is 0 Å². The number of carbonyl (C=O) groups excluding carboxylic acids is 2. The minimum Gasteiger partial charge on any atom is -0.399 e. The molecule has 0 saturated carbocycles. The first-order valence-corrected chi connectivity index (χ1v) is 7.47. The van der Waals surface area contributed by atoms with Crippen molar-refractivity contribution in [1.82, 2.24) is 10.3 Å². The maximum Gasteiger partial charge on any atom is 0.277 e. The fraction of sp³-hybridized carbons (Fsp3) is 0.111. The number of benzene rings is 1. The molecule has 0 unspecified atom stereocenters. The first kappa shape index (κ1) is 17.7. The van der Waals surface area contributed by atoms with Crippen molar-refractivity contribution in [2.75, 3.05) is 10.6 Å². The Hall–Kier alpha value is -3.66. The number of hydrogen-bond acceptors (Lipinski definition) is 6. The quantitative estimate of drug-likeness (QED) is 0.489. The van der Waals surface area contributed by atoms with Crippen molar-refractivity contribution >= 4 is 23.2 Å². The molecule has 1 aromatic heterocycles. The first-order chi connectivity index (χ1) is 12.0. The zero-order valence-electron chi connectivity index (χ0n) is 13.6. The molecule has 0 aliphatic rings. The molecule has 126 valence electrons. The normalized spacial score (nSPS) is 10.6. The molecule has 2 aromatic rings. The van der Waals surface area contributed by atoms with Crippen LogP contribution in [0, 0.1) is 11.3 Å². The van der Waals surface area contributed by atoms with Gasteiger partial charge in [-0.1, -0.05) is 6.07 Å². The van der Waals surface area contributed by atoms with Crippen molar-refractivity contribution in [3.8, 4) is 6.07 Å². The Morgan fingerprint density at radius 2 is 2.00 bits per heavy atom. The summed E-state index contributed by atoms with van der Waals surface area (Å²) in [4.78, 5) is 29.5. The molecule has 0 aliphatic heterocycles.